The van der Waals surface area contributed by atoms with Gasteiger partial charge in [0.2, 0.25) is 5.95 Å². The van der Waals surface area contributed by atoms with Crippen LogP contribution >= 0.6 is 11.3 Å². The lowest BCUT2D eigenvalue weighted by Crippen LogP contribution is -2.07. The van der Waals surface area contributed by atoms with Crippen LogP contribution in [0.15, 0.2) is 217 Å². The van der Waals surface area contributed by atoms with E-state index >= 15 is 0 Å². The average Bonchev–Trinajstić information content (AvgIpc) is 4.18. The minimum Gasteiger partial charge on any atom is -0.454 e. The molecule has 16 aromatic rings. The van der Waals surface area contributed by atoms with Crippen LogP contribution in [-0.4, -0.2) is 24.1 Å². The van der Waals surface area contributed by atoms with Crippen LogP contribution in [0.5, 0.6) is 0 Å². The molecule has 6 nitrogen and oxygen atoms in total. The van der Waals surface area contributed by atoms with Crippen molar-refractivity contribution < 1.29 is 4.42 Å². The monoisotopic (exact) mass is 909 g/mol. The summed E-state index contributed by atoms with van der Waals surface area (Å²) in [5, 5.41) is 16.1. The van der Waals surface area contributed by atoms with Crippen LogP contribution in [0.4, 0.5) is 0 Å². The van der Waals surface area contributed by atoms with E-state index in [1.54, 1.807) is 11.3 Å². The van der Waals surface area contributed by atoms with Gasteiger partial charge in [-0.3, -0.25) is 4.57 Å². The number of aromatic nitrogens is 5. The molecular formula is C63H35N5OS. The third-order valence-corrected chi connectivity index (χ3v) is 15.6. The first-order valence-corrected chi connectivity index (χ1v) is 24.4. The summed E-state index contributed by atoms with van der Waals surface area (Å²) in [7, 11) is 0. The van der Waals surface area contributed by atoms with Crippen LogP contribution in [0.25, 0.3) is 152 Å². The first-order valence-electron chi connectivity index (χ1n) is 23.6. The van der Waals surface area contributed by atoms with Crippen LogP contribution in [-0.2, 0) is 0 Å². The fourth-order valence-corrected chi connectivity index (χ4v) is 12.6. The molecule has 0 spiro atoms. The zero-order valence-corrected chi connectivity index (χ0v) is 38.1. The second-order valence-corrected chi connectivity index (χ2v) is 19.4. The van der Waals surface area contributed by atoms with Gasteiger partial charge in [-0.05, 0) is 93.0 Å². The summed E-state index contributed by atoms with van der Waals surface area (Å²) in [6, 6.07) is 76.1. The van der Waals surface area contributed by atoms with E-state index in [0.717, 1.165) is 87.8 Å². The standard InChI is InChI=1S/C63H35N5OS/c1-2-17-39-34-52-47(32-38(39)16-1)57-41-18-5-3-14-36(41)28-30-51(57)67(52)53-35-40(33-48-58-42-19-6-4-15-37(42)29-31-54(58)69-60(48)53)61-64-62(46-23-13-27-56-59(46)45-22-9-12-26-55(45)70-56)66-63(65-61)68-49-24-10-7-20-43(49)44-21-8-11-25-50(44)68/h1-35H. The number of para-hydroxylation sites is 2. The van der Waals surface area contributed by atoms with Crippen molar-refractivity contribution in [3.05, 3.63) is 212 Å². The Labute approximate surface area is 402 Å². The smallest absolute Gasteiger partial charge is 0.238 e. The maximum Gasteiger partial charge on any atom is 0.238 e. The van der Waals surface area contributed by atoms with Crippen LogP contribution < -0.4 is 0 Å². The number of benzene rings is 11. The van der Waals surface area contributed by atoms with E-state index in [1.165, 1.54) is 47.1 Å². The van der Waals surface area contributed by atoms with Crippen molar-refractivity contribution in [2.75, 3.05) is 0 Å². The van der Waals surface area contributed by atoms with Gasteiger partial charge < -0.3 is 8.98 Å². The van der Waals surface area contributed by atoms with Crippen LogP contribution in [0.3, 0.4) is 0 Å². The highest BCUT2D eigenvalue weighted by atomic mass is 32.1. The first-order chi connectivity index (χ1) is 34.7. The summed E-state index contributed by atoms with van der Waals surface area (Å²) >= 11 is 1.79. The van der Waals surface area contributed by atoms with E-state index in [9.17, 15) is 0 Å². The topological polar surface area (TPSA) is 61.7 Å². The molecule has 0 aliphatic rings. The van der Waals surface area contributed by atoms with Crippen LogP contribution in [0, 0.1) is 0 Å². The lowest BCUT2D eigenvalue weighted by Gasteiger charge is -2.14. The fourth-order valence-electron chi connectivity index (χ4n) is 11.5. The molecule has 0 amide bonds. The molecule has 0 atom stereocenters. The highest BCUT2D eigenvalue weighted by Crippen LogP contribution is 2.46. The quantitative estimate of drug-likeness (QED) is 0.176. The van der Waals surface area contributed by atoms with Gasteiger partial charge in [0.1, 0.15) is 5.58 Å². The molecule has 0 radical (unpaired) electrons. The first kappa shape index (κ1) is 37.9. The van der Waals surface area contributed by atoms with Crippen molar-refractivity contribution in [1.29, 1.82) is 0 Å². The Morgan fingerprint density at radius 1 is 0.357 bits per heavy atom. The number of fused-ring (bicyclic) bond motifs is 17. The van der Waals surface area contributed by atoms with Gasteiger partial charge in [-0.25, -0.2) is 4.98 Å². The Morgan fingerprint density at radius 3 is 1.74 bits per heavy atom. The Kier molecular flexibility index (Phi) is 7.67. The lowest BCUT2D eigenvalue weighted by atomic mass is 10.0. The van der Waals surface area contributed by atoms with Gasteiger partial charge in [-0.2, -0.15) is 9.97 Å². The summed E-state index contributed by atoms with van der Waals surface area (Å²) in [6.45, 7) is 0. The summed E-state index contributed by atoms with van der Waals surface area (Å²) < 4.78 is 14.2. The molecule has 5 aromatic heterocycles. The van der Waals surface area contributed by atoms with Gasteiger partial charge in [0.25, 0.3) is 0 Å². The molecule has 11 aromatic carbocycles. The van der Waals surface area contributed by atoms with Crippen molar-refractivity contribution in [2.24, 2.45) is 0 Å². The molecule has 7 heteroatoms. The van der Waals surface area contributed by atoms with E-state index in [4.69, 9.17) is 19.4 Å². The number of nitrogens with zero attached hydrogens (tertiary/aromatic N) is 5. The van der Waals surface area contributed by atoms with Gasteiger partial charge in [-0.15, -0.1) is 11.3 Å². The predicted molar refractivity (Wildman–Crippen MR) is 292 cm³/mol. The minimum atomic E-state index is 0.549. The molecule has 70 heavy (non-hydrogen) atoms. The summed E-state index contributed by atoms with van der Waals surface area (Å²) in [6.07, 6.45) is 0. The highest BCUT2D eigenvalue weighted by molar-refractivity contribution is 7.25. The maximum atomic E-state index is 7.15. The molecule has 0 aliphatic carbocycles. The van der Waals surface area contributed by atoms with Crippen molar-refractivity contribution >= 4 is 129 Å². The average molecular weight is 910 g/mol. The Morgan fingerprint density at radius 2 is 0.971 bits per heavy atom. The molecule has 0 saturated heterocycles. The number of hydrogen-bond acceptors (Lipinski definition) is 5. The number of furan rings is 1. The van der Waals surface area contributed by atoms with E-state index < -0.39 is 0 Å². The lowest BCUT2D eigenvalue weighted by molar-refractivity contribution is 0.666. The largest absolute Gasteiger partial charge is 0.454 e. The molecule has 0 N–H and O–H groups in total. The van der Waals surface area contributed by atoms with Crippen molar-refractivity contribution in [2.45, 2.75) is 0 Å². The third-order valence-electron chi connectivity index (χ3n) is 14.5. The Hall–Kier alpha value is -9.17. The summed E-state index contributed by atoms with van der Waals surface area (Å²) in [4.78, 5) is 16.6. The van der Waals surface area contributed by atoms with Gasteiger partial charge in [0.15, 0.2) is 17.2 Å². The maximum absolute atomic E-state index is 7.15. The van der Waals surface area contributed by atoms with Crippen molar-refractivity contribution in [3.63, 3.8) is 0 Å². The Balaban J connectivity index is 1.07. The molecule has 5 heterocycles. The van der Waals surface area contributed by atoms with Gasteiger partial charge in [-0.1, -0.05) is 152 Å². The number of rotatable bonds is 4. The SMILES string of the molecule is c1ccc2cc3c(cc2c1)c1c2ccccc2ccc1n3-c1cc(-c2nc(-c3cccc4sc5ccccc5c34)nc(-n3c4ccccc4c4ccccc43)n2)cc2c1oc1ccc3ccccc3c12. The number of thiophene rings is 1. The zero-order chi connectivity index (χ0) is 45.6. The molecular weight excluding hydrogens is 875 g/mol. The predicted octanol–water partition coefficient (Wildman–Crippen LogP) is 17.1. The van der Waals surface area contributed by atoms with Crippen LogP contribution in [0.1, 0.15) is 0 Å². The van der Waals surface area contributed by atoms with Crippen LogP contribution in [0.2, 0.25) is 0 Å². The second kappa shape index (κ2) is 14.2. The van der Waals surface area contributed by atoms with Gasteiger partial charge >= 0.3 is 0 Å². The second-order valence-electron chi connectivity index (χ2n) is 18.3. The highest BCUT2D eigenvalue weighted by Gasteiger charge is 2.25. The van der Waals surface area contributed by atoms with E-state index in [2.05, 4.69) is 221 Å². The Bertz CT molecular complexity index is 4860. The molecule has 324 valence electrons. The minimum absolute atomic E-state index is 0.549. The zero-order valence-electron chi connectivity index (χ0n) is 37.3. The molecule has 0 bridgehead atoms. The van der Waals surface area contributed by atoms with E-state index in [0.29, 0.717) is 17.6 Å². The van der Waals surface area contributed by atoms with E-state index in [1.807, 2.05) is 0 Å². The summed E-state index contributed by atoms with van der Waals surface area (Å²) in [5.41, 5.74) is 8.57. The summed E-state index contributed by atoms with van der Waals surface area (Å²) in [5.74, 6) is 1.72. The van der Waals surface area contributed by atoms with Crippen molar-refractivity contribution in [1.82, 2.24) is 24.1 Å². The molecule has 0 fully saturated rings. The number of hydrogen-bond donors (Lipinski definition) is 0. The fraction of sp³-hybridized carbons (Fsp3) is 0. The molecule has 0 aliphatic heterocycles. The van der Waals surface area contributed by atoms with Gasteiger partial charge in [0, 0.05) is 63.6 Å². The molecule has 0 unspecified atom stereocenters. The van der Waals surface area contributed by atoms with E-state index in [-0.39, 0.29) is 0 Å². The van der Waals surface area contributed by atoms with Gasteiger partial charge in [0.05, 0.1) is 27.8 Å². The molecule has 0 saturated carbocycles. The molecule has 16 rings (SSSR count). The van der Waals surface area contributed by atoms with Crippen molar-refractivity contribution in [3.8, 4) is 34.4 Å². The normalized spacial score (nSPS) is 12.3. The third kappa shape index (κ3) is 5.29.